The number of hydrogen-bond donors (Lipinski definition) is 4. The third kappa shape index (κ3) is 13.5. The number of nitrogens with zero attached hydrogens (tertiary/aromatic N) is 3. The first-order valence-corrected chi connectivity index (χ1v) is 18.1. The van der Waals surface area contributed by atoms with Gasteiger partial charge in [-0.05, 0) is 69.7 Å². The maximum atomic E-state index is 13.3. The van der Waals surface area contributed by atoms with Gasteiger partial charge in [-0.1, -0.05) is 80.9 Å². The lowest BCUT2D eigenvalue weighted by atomic mass is 9.92. The second-order valence-corrected chi connectivity index (χ2v) is 14.4. The fourth-order valence-corrected chi connectivity index (χ4v) is 4.72. The molecule has 56 heavy (non-hydrogen) atoms. The number of anilines is 3. The van der Waals surface area contributed by atoms with Gasteiger partial charge in [0.15, 0.2) is 6.10 Å². The Bertz CT molecular complexity index is 2110. The molecule has 5 aromatic rings. The highest BCUT2D eigenvalue weighted by Crippen LogP contribution is 2.33. The maximum absolute atomic E-state index is 13.3. The molecule has 0 unspecified atom stereocenters. The fraction of sp³-hybridized carbons (Fsp3) is 0.310. The third-order valence-corrected chi connectivity index (χ3v) is 8.02. The lowest BCUT2D eigenvalue weighted by Gasteiger charge is -2.15. The van der Waals surface area contributed by atoms with E-state index >= 15 is 0 Å². The standard InChI is InChI=1S/C35H38N6O4.C4H8O3.C3H5Cl/c1-22-11-13-25(14-12-22)41-32(20-30(40-41)35(3,4)5)39-34(43)37-28-15-16-29(27-10-8-7-9-26(27)28)45-21-24-17-18-36-31(19-24)38-33(42)23(2)44-6;1-3(7-2)4(5)6;1-3(2)4/h7-20,23H,21H2,1-6H3,(H,36,38,42)(H2,37,39,43);3H,1-2H3,(H,5,6);1H2,2H3/t23-;3-;/m00./s1. The minimum atomic E-state index is -0.928. The van der Waals surface area contributed by atoms with Crippen LogP contribution in [-0.4, -0.2) is 64.2 Å². The van der Waals surface area contributed by atoms with E-state index in [2.05, 4.69) is 53.0 Å². The van der Waals surface area contributed by atoms with Crippen LogP contribution in [0.5, 0.6) is 5.75 Å². The minimum absolute atomic E-state index is 0.205. The average Bonchev–Trinajstić information content (AvgIpc) is 3.58. The van der Waals surface area contributed by atoms with Crippen molar-refractivity contribution < 1.29 is 33.7 Å². The summed E-state index contributed by atoms with van der Waals surface area (Å²) < 4.78 is 17.4. The number of benzene rings is 3. The number of carboxylic acid groups (broad SMARTS) is 1. The molecular weight excluding hydrogens is 736 g/mol. The van der Waals surface area contributed by atoms with Gasteiger partial charge in [0.2, 0.25) is 0 Å². The van der Waals surface area contributed by atoms with Crippen LogP contribution in [0.15, 0.2) is 96.7 Å². The first kappa shape index (κ1) is 44.6. The largest absolute Gasteiger partial charge is 0.488 e. The number of carboxylic acids is 1. The van der Waals surface area contributed by atoms with Crippen molar-refractivity contribution in [2.75, 3.05) is 30.2 Å². The molecule has 0 aliphatic heterocycles. The zero-order chi connectivity index (χ0) is 41.6. The van der Waals surface area contributed by atoms with E-state index in [1.807, 2.05) is 79.7 Å². The number of rotatable bonds is 11. The zero-order valence-electron chi connectivity index (χ0n) is 33.3. The van der Waals surface area contributed by atoms with E-state index in [9.17, 15) is 14.4 Å². The molecule has 14 heteroatoms. The van der Waals surface area contributed by atoms with Gasteiger partial charge in [-0.2, -0.15) is 5.10 Å². The van der Waals surface area contributed by atoms with Gasteiger partial charge in [0, 0.05) is 47.7 Å². The van der Waals surface area contributed by atoms with Crippen LogP contribution in [0, 0.1) is 6.92 Å². The van der Waals surface area contributed by atoms with E-state index in [-0.39, 0.29) is 17.9 Å². The Morgan fingerprint density at radius 1 is 0.893 bits per heavy atom. The summed E-state index contributed by atoms with van der Waals surface area (Å²) in [4.78, 5) is 39.5. The summed E-state index contributed by atoms with van der Waals surface area (Å²) in [6.07, 6.45) is 0.341. The van der Waals surface area contributed by atoms with Gasteiger partial charge < -0.3 is 30.0 Å². The van der Waals surface area contributed by atoms with Crippen molar-refractivity contribution in [2.24, 2.45) is 0 Å². The summed E-state index contributed by atoms with van der Waals surface area (Å²) in [6.45, 7) is 16.7. The number of methoxy groups -OCH3 is 2. The van der Waals surface area contributed by atoms with Crippen molar-refractivity contribution in [3.8, 4) is 11.4 Å². The number of carbonyl (C=O) groups is 3. The fourth-order valence-electron chi connectivity index (χ4n) is 4.72. The molecule has 0 radical (unpaired) electrons. The number of halogens is 1. The van der Waals surface area contributed by atoms with Crippen molar-refractivity contribution in [1.82, 2.24) is 14.8 Å². The van der Waals surface area contributed by atoms with Gasteiger partial charge in [-0.25, -0.2) is 19.3 Å². The van der Waals surface area contributed by atoms with Crippen molar-refractivity contribution in [2.45, 2.75) is 72.7 Å². The number of fused-ring (bicyclic) bond motifs is 1. The lowest BCUT2D eigenvalue weighted by Crippen LogP contribution is -2.26. The summed E-state index contributed by atoms with van der Waals surface area (Å²) >= 11 is 5.08. The van der Waals surface area contributed by atoms with Gasteiger partial charge in [0.1, 0.15) is 30.1 Å². The number of ether oxygens (including phenoxy) is 3. The van der Waals surface area contributed by atoms with Gasteiger partial charge in [-0.15, -0.1) is 0 Å². The van der Waals surface area contributed by atoms with E-state index in [4.69, 9.17) is 31.3 Å². The Morgan fingerprint density at radius 2 is 1.52 bits per heavy atom. The average molecular weight is 787 g/mol. The van der Waals surface area contributed by atoms with Crippen LogP contribution in [0.25, 0.3) is 16.5 Å². The summed E-state index contributed by atoms with van der Waals surface area (Å²) in [5, 5.41) is 23.9. The number of carbonyl (C=O) groups excluding carboxylic acids is 2. The highest BCUT2D eigenvalue weighted by molar-refractivity contribution is 6.28. The van der Waals surface area contributed by atoms with Crippen LogP contribution in [0.1, 0.15) is 58.4 Å². The van der Waals surface area contributed by atoms with Crippen molar-refractivity contribution in [1.29, 1.82) is 0 Å². The lowest BCUT2D eigenvalue weighted by molar-refractivity contribution is -0.147. The van der Waals surface area contributed by atoms with Gasteiger partial charge in [0.05, 0.1) is 17.1 Å². The molecule has 3 amide bonds. The quantitative estimate of drug-likeness (QED) is 0.102. The summed E-state index contributed by atoms with van der Waals surface area (Å²) in [7, 11) is 2.84. The molecule has 2 aromatic heterocycles. The minimum Gasteiger partial charge on any atom is -0.488 e. The Hall–Kier alpha value is -5.76. The third-order valence-electron chi connectivity index (χ3n) is 8.02. The number of aromatic nitrogens is 3. The normalized spacial score (nSPS) is 11.8. The number of amides is 3. The number of pyridine rings is 1. The van der Waals surface area contributed by atoms with Crippen LogP contribution < -0.4 is 20.7 Å². The summed E-state index contributed by atoms with van der Waals surface area (Å²) in [5.74, 6) is 0.422. The Morgan fingerprint density at radius 3 is 2.09 bits per heavy atom. The Labute approximate surface area is 333 Å². The smallest absolute Gasteiger partial charge is 0.332 e. The highest BCUT2D eigenvalue weighted by Gasteiger charge is 2.22. The molecule has 2 atom stereocenters. The number of allylic oxidation sites excluding steroid dienone is 1. The SMILES string of the molecule is C=C(C)Cl.CO[C@@H](C)C(=O)Nc1cc(COc2ccc(NC(=O)Nc3cc(C(C)(C)C)nn3-c3ccc(C)cc3)c3ccccc23)ccn1.CO[C@@H](C)C(=O)O. The predicted molar refractivity (Wildman–Crippen MR) is 222 cm³/mol. The molecule has 2 heterocycles. The second-order valence-electron chi connectivity index (χ2n) is 13.7. The van der Waals surface area contributed by atoms with Crippen molar-refractivity contribution in [3.05, 3.63) is 113 Å². The van der Waals surface area contributed by atoms with Crippen LogP contribution in [0.2, 0.25) is 0 Å². The second kappa shape index (κ2) is 20.8. The molecule has 0 spiro atoms. The van der Waals surface area contributed by atoms with Gasteiger partial charge in [-0.3, -0.25) is 10.1 Å². The molecule has 0 bridgehead atoms. The number of aliphatic carboxylic acids is 1. The summed E-state index contributed by atoms with van der Waals surface area (Å²) in [5.41, 5.74) is 4.11. The number of nitrogens with one attached hydrogen (secondary N) is 3. The van der Waals surface area contributed by atoms with Crippen LogP contribution in [0.4, 0.5) is 22.1 Å². The van der Waals surface area contributed by atoms with Gasteiger partial charge >= 0.3 is 12.0 Å². The molecule has 5 rings (SSSR count). The molecular formula is C42H51ClN6O7. The van der Waals surface area contributed by atoms with Crippen molar-refractivity contribution in [3.63, 3.8) is 0 Å². The number of aryl methyl sites for hydroxylation is 1. The molecule has 0 saturated carbocycles. The van der Waals surface area contributed by atoms with E-state index < -0.39 is 24.2 Å². The van der Waals surface area contributed by atoms with Crippen LogP contribution in [0.3, 0.4) is 0 Å². The van der Waals surface area contributed by atoms with E-state index in [1.165, 1.54) is 21.1 Å². The van der Waals surface area contributed by atoms with Crippen molar-refractivity contribution >= 4 is 57.6 Å². The molecule has 0 saturated heterocycles. The predicted octanol–water partition coefficient (Wildman–Crippen LogP) is 9.09. The molecule has 4 N–H and O–H groups in total. The van der Waals surface area contributed by atoms with Crippen LogP contribution in [-0.2, 0) is 31.1 Å². The first-order chi connectivity index (χ1) is 26.4. The van der Waals surface area contributed by atoms with Gasteiger partial charge in [0.25, 0.3) is 5.91 Å². The topological polar surface area (TPSA) is 166 Å². The zero-order valence-corrected chi connectivity index (χ0v) is 34.0. The first-order valence-electron chi connectivity index (χ1n) is 17.7. The maximum Gasteiger partial charge on any atom is 0.332 e. The molecule has 0 fully saturated rings. The molecule has 13 nitrogen and oxygen atoms in total. The number of urea groups is 1. The molecule has 298 valence electrons. The van der Waals surface area contributed by atoms with E-state index in [0.29, 0.717) is 28.1 Å². The van der Waals surface area contributed by atoms with Crippen LogP contribution >= 0.6 is 11.6 Å². The van der Waals surface area contributed by atoms with E-state index in [0.717, 1.165) is 33.3 Å². The molecule has 0 aliphatic carbocycles. The molecule has 0 aliphatic rings. The summed E-state index contributed by atoms with van der Waals surface area (Å²) in [6, 6.07) is 24.5. The molecule has 3 aromatic carbocycles. The highest BCUT2D eigenvalue weighted by atomic mass is 35.5. The number of hydrogen-bond acceptors (Lipinski definition) is 8. The Balaban J connectivity index is 0.000000672. The van der Waals surface area contributed by atoms with E-state index in [1.54, 1.807) is 30.8 Å². The Kier molecular flexibility index (Phi) is 16.6. The monoisotopic (exact) mass is 786 g/mol.